The van der Waals surface area contributed by atoms with Gasteiger partial charge in [0.25, 0.3) is 0 Å². The average molecular weight is 469 g/mol. The number of amides is 1. The van der Waals surface area contributed by atoms with Crippen LogP contribution >= 0.6 is 11.6 Å². The number of para-hydroxylation sites is 2. The minimum absolute atomic E-state index is 0.128. The Hall–Kier alpha value is -2.41. The molecule has 1 aromatic heterocycles. The first-order valence-corrected chi connectivity index (χ1v) is 12.1. The largest absolute Gasteiger partial charge is 0.385 e. The monoisotopic (exact) mass is 468 g/mol. The number of methoxy groups -OCH3 is 1. The Morgan fingerprint density at radius 1 is 1.24 bits per heavy atom. The predicted molar refractivity (Wildman–Crippen MR) is 133 cm³/mol. The van der Waals surface area contributed by atoms with E-state index in [4.69, 9.17) is 27.1 Å². The molecule has 0 radical (unpaired) electrons. The zero-order chi connectivity index (χ0) is 23.2. The molecule has 6 nitrogen and oxygen atoms in total. The Balaban J connectivity index is 1.43. The van der Waals surface area contributed by atoms with Gasteiger partial charge in [-0.25, -0.2) is 4.98 Å². The summed E-state index contributed by atoms with van der Waals surface area (Å²) in [5, 5.41) is 0.705. The number of imidazole rings is 1. The van der Waals surface area contributed by atoms with Crippen molar-refractivity contribution in [3.8, 4) is 0 Å². The second kappa shape index (κ2) is 11.1. The molecule has 1 aliphatic heterocycles. The number of nitrogens with zero attached hydrogens (tertiary/aromatic N) is 3. The summed E-state index contributed by atoms with van der Waals surface area (Å²) in [5.74, 6) is 1.43. The third kappa shape index (κ3) is 5.94. The van der Waals surface area contributed by atoms with Crippen LogP contribution in [0.15, 0.2) is 48.5 Å². The molecule has 0 spiro atoms. The number of benzene rings is 2. The smallest absolute Gasteiger partial charge is 0.224 e. The molecule has 2 aromatic carbocycles. The van der Waals surface area contributed by atoms with Gasteiger partial charge in [-0.15, -0.1) is 0 Å². The Bertz CT molecular complexity index is 1070. The summed E-state index contributed by atoms with van der Waals surface area (Å²) in [6.45, 7) is 3.06. The number of piperidine rings is 1. The zero-order valence-electron chi connectivity index (χ0n) is 19.3. The summed E-state index contributed by atoms with van der Waals surface area (Å²) >= 11 is 5.97. The third-order valence-corrected chi connectivity index (χ3v) is 6.65. The van der Waals surface area contributed by atoms with E-state index < -0.39 is 0 Å². The molecule has 1 amide bonds. The first-order chi connectivity index (χ1) is 16.0. The number of fused-ring (bicyclic) bond motifs is 1. The van der Waals surface area contributed by atoms with Gasteiger partial charge in [-0.1, -0.05) is 35.9 Å². The van der Waals surface area contributed by atoms with Gasteiger partial charge in [0, 0.05) is 56.8 Å². The van der Waals surface area contributed by atoms with Gasteiger partial charge < -0.3 is 19.9 Å². The van der Waals surface area contributed by atoms with Crippen LogP contribution in [0.1, 0.15) is 43.0 Å². The molecule has 1 fully saturated rings. The van der Waals surface area contributed by atoms with Gasteiger partial charge in [0.15, 0.2) is 0 Å². The summed E-state index contributed by atoms with van der Waals surface area (Å²) < 4.78 is 7.59. The Morgan fingerprint density at radius 3 is 2.82 bits per heavy atom. The van der Waals surface area contributed by atoms with Gasteiger partial charge in [-0.3, -0.25) is 4.79 Å². The van der Waals surface area contributed by atoms with Crippen molar-refractivity contribution in [2.24, 2.45) is 5.73 Å². The molecule has 0 bridgehead atoms. The van der Waals surface area contributed by atoms with Crippen LogP contribution in [0.3, 0.4) is 0 Å². The number of hydrogen-bond acceptors (Lipinski definition) is 4. The molecule has 0 aliphatic carbocycles. The lowest BCUT2D eigenvalue weighted by Gasteiger charge is -2.33. The van der Waals surface area contributed by atoms with Crippen LogP contribution < -0.4 is 5.73 Å². The molecule has 3 aromatic rings. The number of aryl methyl sites for hydroxylation is 1. The molecule has 7 heteroatoms. The summed E-state index contributed by atoms with van der Waals surface area (Å²) in [6, 6.07) is 15.7. The van der Waals surface area contributed by atoms with E-state index in [9.17, 15) is 4.79 Å². The summed E-state index contributed by atoms with van der Waals surface area (Å²) in [6.07, 6.45) is 3.95. The molecule has 0 saturated carbocycles. The molecular formula is C26H33ClN4O2. The normalized spacial score (nSPS) is 17.4. The van der Waals surface area contributed by atoms with Crippen LogP contribution in [-0.4, -0.2) is 53.2 Å². The van der Waals surface area contributed by atoms with E-state index in [1.165, 1.54) is 0 Å². The van der Waals surface area contributed by atoms with E-state index in [2.05, 4.69) is 22.8 Å². The van der Waals surface area contributed by atoms with Gasteiger partial charge in [0.1, 0.15) is 5.82 Å². The van der Waals surface area contributed by atoms with E-state index >= 15 is 0 Å². The van der Waals surface area contributed by atoms with Crippen LogP contribution in [0.4, 0.5) is 0 Å². The SMILES string of the molecule is COCCCn1c(C2CCCN(C(=O)C[C@@H](N)Cc3ccc(Cl)cc3)C2)nc2ccccc21. The highest BCUT2D eigenvalue weighted by molar-refractivity contribution is 6.30. The number of hydrogen-bond donors (Lipinski definition) is 1. The van der Waals surface area contributed by atoms with Crippen molar-refractivity contribution in [2.45, 2.75) is 50.6 Å². The fraction of sp³-hybridized carbons (Fsp3) is 0.462. The average Bonchev–Trinajstić information content (AvgIpc) is 3.19. The van der Waals surface area contributed by atoms with E-state index in [1.807, 2.05) is 35.2 Å². The number of carbonyl (C=O) groups excluding carboxylic acids is 1. The number of ether oxygens (including phenoxy) is 1. The number of aromatic nitrogens is 2. The topological polar surface area (TPSA) is 73.4 Å². The first kappa shape index (κ1) is 23.7. The molecule has 2 N–H and O–H groups in total. The molecule has 1 saturated heterocycles. The second-order valence-corrected chi connectivity index (χ2v) is 9.37. The highest BCUT2D eigenvalue weighted by Gasteiger charge is 2.29. The number of nitrogens with two attached hydrogens (primary N) is 1. The maximum absolute atomic E-state index is 13.1. The van der Waals surface area contributed by atoms with Crippen LogP contribution in [0, 0.1) is 0 Å². The molecule has 4 rings (SSSR count). The van der Waals surface area contributed by atoms with Crippen molar-refractivity contribution in [3.05, 3.63) is 64.9 Å². The standard InChI is InChI=1S/C26H33ClN4O2/c1-33-15-5-14-31-24-8-3-2-7-23(24)29-26(31)20-6-4-13-30(18-20)25(32)17-22(28)16-19-9-11-21(27)12-10-19/h2-3,7-12,20,22H,4-6,13-18,28H2,1H3/t20?,22-/m0/s1. The molecule has 1 unspecified atom stereocenters. The fourth-order valence-electron chi connectivity index (χ4n) is 4.77. The Labute approximate surface area is 200 Å². The minimum atomic E-state index is -0.210. The molecular weight excluding hydrogens is 436 g/mol. The molecule has 1 aliphatic rings. The first-order valence-electron chi connectivity index (χ1n) is 11.8. The zero-order valence-corrected chi connectivity index (χ0v) is 20.0. The van der Waals surface area contributed by atoms with Crippen molar-refractivity contribution in [1.29, 1.82) is 0 Å². The molecule has 33 heavy (non-hydrogen) atoms. The van der Waals surface area contributed by atoms with Crippen molar-refractivity contribution in [2.75, 3.05) is 26.8 Å². The van der Waals surface area contributed by atoms with Crippen molar-refractivity contribution < 1.29 is 9.53 Å². The lowest BCUT2D eigenvalue weighted by molar-refractivity contribution is -0.132. The lowest BCUT2D eigenvalue weighted by atomic mass is 9.96. The minimum Gasteiger partial charge on any atom is -0.385 e. The van der Waals surface area contributed by atoms with Crippen molar-refractivity contribution >= 4 is 28.5 Å². The lowest BCUT2D eigenvalue weighted by Crippen LogP contribution is -2.42. The van der Waals surface area contributed by atoms with E-state index in [0.717, 1.165) is 54.8 Å². The maximum atomic E-state index is 13.1. The summed E-state index contributed by atoms with van der Waals surface area (Å²) in [4.78, 5) is 20.0. The van der Waals surface area contributed by atoms with Gasteiger partial charge >= 0.3 is 0 Å². The van der Waals surface area contributed by atoms with Crippen LogP contribution in [0.25, 0.3) is 11.0 Å². The van der Waals surface area contributed by atoms with Crippen molar-refractivity contribution in [1.82, 2.24) is 14.5 Å². The van der Waals surface area contributed by atoms with Crippen molar-refractivity contribution in [3.63, 3.8) is 0 Å². The summed E-state index contributed by atoms with van der Waals surface area (Å²) in [5.41, 5.74) is 9.59. The Kier molecular flexibility index (Phi) is 8.02. The summed E-state index contributed by atoms with van der Waals surface area (Å²) in [7, 11) is 1.73. The fourth-order valence-corrected chi connectivity index (χ4v) is 4.90. The predicted octanol–water partition coefficient (Wildman–Crippen LogP) is 4.39. The Morgan fingerprint density at radius 2 is 2.03 bits per heavy atom. The highest BCUT2D eigenvalue weighted by atomic mass is 35.5. The van der Waals surface area contributed by atoms with Gasteiger partial charge in [-0.05, 0) is 55.5 Å². The number of likely N-dealkylation sites (tertiary alicyclic amines) is 1. The maximum Gasteiger partial charge on any atom is 0.224 e. The van der Waals surface area contributed by atoms with Gasteiger partial charge in [0.05, 0.1) is 11.0 Å². The van der Waals surface area contributed by atoms with Crippen LogP contribution in [0.5, 0.6) is 0 Å². The third-order valence-electron chi connectivity index (χ3n) is 6.40. The van der Waals surface area contributed by atoms with Crippen LogP contribution in [-0.2, 0) is 22.5 Å². The molecule has 176 valence electrons. The quantitative estimate of drug-likeness (QED) is 0.472. The molecule has 2 heterocycles. The van der Waals surface area contributed by atoms with Gasteiger partial charge in [0.2, 0.25) is 5.91 Å². The number of carbonyl (C=O) groups is 1. The van der Waals surface area contributed by atoms with Gasteiger partial charge in [-0.2, -0.15) is 0 Å². The number of halogens is 1. The van der Waals surface area contributed by atoms with E-state index in [-0.39, 0.29) is 17.9 Å². The van der Waals surface area contributed by atoms with E-state index in [1.54, 1.807) is 7.11 Å². The highest BCUT2D eigenvalue weighted by Crippen LogP contribution is 2.30. The number of rotatable bonds is 9. The van der Waals surface area contributed by atoms with Crippen LogP contribution in [0.2, 0.25) is 5.02 Å². The second-order valence-electron chi connectivity index (χ2n) is 8.93. The van der Waals surface area contributed by atoms with E-state index in [0.29, 0.717) is 31.0 Å². The molecule has 2 atom stereocenters.